The van der Waals surface area contributed by atoms with Gasteiger partial charge in [0.1, 0.15) is 11.9 Å². The molecule has 5 rings (SSSR count). The highest BCUT2D eigenvalue weighted by molar-refractivity contribution is 7.86. The smallest absolute Gasteiger partial charge is 0.282 e. The predicted octanol–water partition coefficient (Wildman–Crippen LogP) is 2.12. The van der Waals surface area contributed by atoms with Gasteiger partial charge in [-0.2, -0.15) is 17.0 Å². The fraction of sp³-hybridized carbons (Fsp3) is 0.385. The van der Waals surface area contributed by atoms with Crippen LogP contribution in [0.2, 0.25) is 0 Å². The van der Waals surface area contributed by atoms with Crippen molar-refractivity contribution in [3.8, 4) is 0 Å². The Labute approximate surface area is 220 Å². The number of carbonyl (C=O) groups is 2. The lowest BCUT2D eigenvalue weighted by Gasteiger charge is -2.41. The fourth-order valence-corrected chi connectivity index (χ4v) is 6.97. The molecule has 0 saturated carbocycles. The van der Waals surface area contributed by atoms with Crippen molar-refractivity contribution in [1.82, 2.24) is 24.0 Å². The number of aromatic amines is 1. The summed E-state index contributed by atoms with van der Waals surface area (Å²) in [6, 6.07) is 12.7. The van der Waals surface area contributed by atoms with Gasteiger partial charge in [-0.25, -0.2) is 9.87 Å². The first-order valence-electron chi connectivity index (χ1n) is 12.5. The minimum Gasteiger partial charge on any atom is -0.361 e. The summed E-state index contributed by atoms with van der Waals surface area (Å²) in [6.45, 7) is 0.771. The molecule has 2 aliphatic heterocycles. The van der Waals surface area contributed by atoms with Crippen molar-refractivity contribution in [3.05, 3.63) is 71.7 Å². The number of hydrogen-bond acceptors (Lipinski definition) is 5. The van der Waals surface area contributed by atoms with Crippen LogP contribution in [0.25, 0.3) is 10.9 Å². The van der Waals surface area contributed by atoms with Crippen LogP contribution in [0, 0.1) is 5.82 Å². The molecule has 38 heavy (non-hydrogen) atoms. The van der Waals surface area contributed by atoms with E-state index in [2.05, 4.69) is 10.5 Å². The number of fused-ring (bicyclic) bond motifs is 1. The zero-order chi connectivity index (χ0) is 26.7. The van der Waals surface area contributed by atoms with E-state index in [-0.39, 0.29) is 51.1 Å². The second-order valence-electron chi connectivity index (χ2n) is 9.58. The molecule has 2 fully saturated rings. The number of nitrogens with one attached hydrogen (secondary N) is 2. The minimum atomic E-state index is -3.99. The van der Waals surface area contributed by atoms with Crippen molar-refractivity contribution in [2.75, 3.05) is 32.7 Å². The molecule has 1 aromatic heterocycles. The first kappa shape index (κ1) is 26.3. The van der Waals surface area contributed by atoms with Crippen LogP contribution in [0.3, 0.4) is 0 Å². The van der Waals surface area contributed by atoms with Crippen molar-refractivity contribution in [2.45, 2.75) is 31.4 Å². The molecule has 12 heteroatoms. The Balaban J connectivity index is 1.25. The summed E-state index contributed by atoms with van der Waals surface area (Å²) < 4.78 is 43.7. The maximum Gasteiger partial charge on any atom is 0.282 e. The molecule has 1 unspecified atom stereocenters. The Kier molecular flexibility index (Phi) is 7.75. The van der Waals surface area contributed by atoms with Crippen LogP contribution in [-0.2, 0) is 31.2 Å². The second-order valence-corrected chi connectivity index (χ2v) is 11.5. The molecule has 3 heterocycles. The number of nitrogens with zero attached hydrogens (tertiary/aromatic N) is 3. The van der Waals surface area contributed by atoms with Crippen LogP contribution in [0.4, 0.5) is 4.39 Å². The topological polar surface area (TPSA) is 115 Å². The number of carbonyl (C=O) groups excluding carboxylic acids is 2. The molecule has 2 N–H and O–H groups in total. The Morgan fingerprint density at radius 2 is 1.87 bits per heavy atom. The molecule has 2 aliphatic rings. The largest absolute Gasteiger partial charge is 0.361 e. The molecule has 0 aliphatic carbocycles. The zero-order valence-corrected chi connectivity index (χ0v) is 21.6. The van der Waals surface area contributed by atoms with E-state index in [1.165, 1.54) is 21.3 Å². The van der Waals surface area contributed by atoms with Crippen LogP contribution in [0.15, 0.2) is 54.7 Å². The van der Waals surface area contributed by atoms with Gasteiger partial charge in [-0.3, -0.25) is 14.4 Å². The first-order chi connectivity index (χ1) is 18.4. The van der Waals surface area contributed by atoms with E-state index in [1.807, 2.05) is 36.5 Å². The van der Waals surface area contributed by atoms with Gasteiger partial charge >= 0.3 is 0 Å². The lowest BCUT2D eigenvalue weighted by Crippen LogP contribution is -2.63. The normalized spacial score (nSPS) is 20.0. The average molecular weight is 544 g/mol. The lowest BCUT2D eigenvalue weighted by molar-refractivity contribution is -0.141. The number of rotatable bonds is 8. The highest BCUT2D eigenvalue weighted by Crippen LogP contribution is 2.35. The summed E-state index contributed by atoms with van der Waals surface area (Å²) in [5, 5.41) is 0.809. The number of halogens is 1. The van der Waals surface area contributed by atoms with E-state index < -0.39 is 22.2 Å². The molecule has 0 spiro atoms. The number of piperidine rings is 1. The van der Waals surface area contributed by atoms with E-state index in [0.717, 1.165) is 26.3 Å². The molecule has 202 valence electrons. The molecule has 0 radical (unpaired) electrons. The monoisotopic (exact) mass is 543 g/mol. The second kappa shape index (κ2) is 11.2. The Morgan fingerprint density at radius 3 is 2.61 bits per heavy atom. The Morgan fingerprint density at radius 1 is 1.11 bits per heavy atom. The van der Waals surface area contributed by atoms with E-state index in [4.69, 9.17) is 4.84 Å². The molecular weight excluding hydrogens is 513 g/mol. The summed E-state index contributed by atoms with van der Waals surface area (Å²) in [6.07, 6.45) is 3.61. The van der Waals surface area contributed by atoms with Gasteiger partial charge < -0.3 is 9.88 Å². The summed E-state index contributed by atoms with van der Waals surface area (Å²) >= 11 is 0. The van der Waals surface area contributed by atoms with E-state index in [0.29, 0.717) is 19.3 Å². The number of amides is 2. The van der Waals surface area contributed by atoms with Crippen molar-refractivity contribution in [3.63, 3.8) is 0 Å². The van der Waals surface area contributed by atoms with Crippen LogP contribution in [-0.4, -0.2) is 78.0 Å². The molecule has 2 amide bonds. The summed E-state index contributed by atoms with van der Waals surface area (Å²) in [7, 11) is -3.99. The third-order valence-corrected chi connectivity index (χ3v) is 9.31. The van der Waals surface area contributed by atoms with Gasteiger partial charge in [-0.1, -0.05) is 30.3 Å². The van der Waals surface area contributed by atoms with Gasteiger partial charge in [0.15, 0.2) is 0 Å². The number of hydroxylamine groups is 1. The molecule has 0 bridgehead atoms. The van der Waals surface area contributed by atoms with Crippen molar-refractivity contribution >= 4 is 33.4 Å². The summed E-state index contributed by atoms with van der Waals surface area (Å²) in [5.41, 5.74) is 5.02. The number of piperazine rings is 1. The highest BCUT2D eigenvalue weighted by atomic mass is 32.2. The highest BCUT2D eigenvalue weighted by Gasteiger charge is 2.43. The van der Waals surface area contributed by atoms with Crippen LogP contribution in [0.1, 0.15) is 29.9 Å². The van der Waals surface area contributed by atoms with Gasteiger partial charge in [0.2, 0.25) is 6.41 Å². The SMILES string of the molecule is O=CN1CCN(S(=O)(=O)N2CCC(c3c[nH]c4ccc(F)cc34)CC2)C(C(=O)NOCc2ccccc2)C1. The lowest BCUT2D eigenvalue weighted by atomic mass is 9.90. The van der Waals surface area contributed by atoms with Crippen molar-refractivity contribution in [2.24, 2.45) is 0 Å². The molecule has 3 aromatic rings. The van der Waals surface area contributed by atoms with E-state index >= 15 is 0 Å². The van der Waals surface area contributed by atoms with Crippen LogP contribution in [0.5, 0.6) is 0 Å². The molecule has 10 nitrogen and oxygen atoms in total. The molecule has 1 atom stereocenters. The first-order valence-corrected chi connectivity index (χ1v) is 13.9. The van der Waals surface area contributed by atoms with E-state index in [1.54, 1.807) is 6.07 Å². The van der Waals surface area contributed by atoms with Gasteiger partial charge in [-0.05, 0) is 48.1 Å². The summed E-state index contributed by atoms with van der Waals surface area (Å²) in [5.74, 6) is -0.869. The standard InChI is InChI=1S/C26H30FN5O5S/c27-21-6-7-24-22(14-21)23(15-28-24)20-8-10-31(11-9-20)38(35,36)32-13-12-30(18-33)16-25(32)26(34)29-37-17-19-4-2-1-3-5-19/h1-7,14-15,18,20,25,28H,8-13,16-17H2,(H,29,34). The molecular formula is C26H30FN5O5S. The minimum absolute atomic E-state index is 0.000497. The van der Waals surface area contributed by atoms with Crippen molar-refractivity contribution < 1.29 is 27.2 Å². The third-order valence-electron chi connectivity index (χ3n) is 7.26. The van der Waals surface area contributed by atoms with Gasteiger partial charge in [0.05, 0.1) is 6.61 Å². The number of hydrogen-bond donors (Lipinski definition) is 2. The average Bonchev–Trinajstić information content (AvgIpc) is 3.36. The number of benzene rings is 2. The quantitative estimate of drug-likeness (QED) is 0.334. The van der Waals surface area contributed by atoms with Gasteiger partial charge in [0.25, 0.3) is 16.1 Å². The van der Waals surface area contributed by atoms with Crippen LogP contribution < -0.4 is 5.48 Å². The Hall–Kier alpha value is -3.32. The molecule has 2 aromatic carbocycles. The van der Waals surface area contributed by atoms with Gasteiger partial charge in [-0.15, -0.1) is 0 Å². The Bertz CT molecular complexity index is 1390. The van der Waals surface area contributed by atoms with E-state index in [9.17, 15) is 22.4 Å². The summed E-state index contributed by atoms with van der Waals surface area (Å²) in [4.78, 5) is 34.3. The fourth-order valence-electron chi connectivity index (χ4n) is 5.20. The molecule has 2 saturated heterocycles. The maximum atomic E-state index is 13.8. The van der Waals surface area contributed by atoms with Gasteiger partial charge in [0, 0.05) is 49.8 Å². The third kappa shape index (κ3) is 5.44. The van der Waals surface area contributed by atoms with Crippen molar-refractivity contribution in [1.29, 1.82) is 0 Å². The number of aromatic nitrogens is 1. The predicted molar refractivity (Wildman–Crippen MR) is 138 cm³/mol. The maximum absolute atomic E-state index is 13.8. The number of H-pyrrole nitrogens is 1. The zero-order valence-electron chi connectivity index (χ0n) is 20.8. The van der Waals surface area contributed by atoms with Crippen LogP contribution >= 0.6 is 0 Å².